The van der Waals surface area contributed by atoms with Crippen molar-refractivity contribution in [3.8, 4) is 0 Å². The van der Waals surface area contributed by atoms with Gasteiger partial charge in [-0.05, 0) is 31.5 Å². The molecule has 2 amide bonds. The highest BCUT2D eigenvalue weighted by molar-refractivity contribution is 7.92. The second kappa shape index (κ2) is 7.35. The van der Waals surface area contributed by atoms with Crippen molar-refractivity contribution in [2.75, 3.05) is 19.3 Å². The van der Waals surface area contributed by atoms with E-state index >= 15 is 0 Å². The SMILES string of the molecule is Cc1ccc(C(=O)NCCNC(=O)C(C)S(C)(=O)=O)cc1F. The number of sulfone groups is 1. The number of hydrogen-bond acceptors (Lipinski definition) is 4. The minimum Gasteiger partial charge on any atom is -0.353 e. The molecule has 1 rings (SSSR count). The Morgan fingerprint density at radius 2 is 1.82 bits per heavy atom. The molecule has 0 spiro atoms. The number of halogens is 1. The molecule has 0 radical (unpaired) electrons. The van der Waals surface area contributed by atoms with E-state index in [0.29, 0.717) is 5.56 Å². The van der Waals surface area contributed by atoms with Gasteiger partial charge in [-0.1, -0.05) is 6.07 Å². The summed E-state index contributed by atoms with van der Waals surface area (Å²) in [4.78, 5) is 23.3. The first-order chi connectivity index (χ1) is 10.1. The highest BCUT2D eigenvalue weighted by Gasteiger charge is 2.22. The van der Waals surface area contributed by atoms with E-state index in [1.807, 2.05) is 0 Å². The Kier molecular flexibility index (Phi) is 6.04. The fraction of sp³-hybridized carbons (Fsp3) is 0.429. The maximum absolute atomic E-state index is 13.3. The molecule has 1 aromatic rings. The average Bonchev–Trinajstić information content (AvgIpc) is 2.44. The second-order valence-electron chi connectivity index (χ2n) is 4.98. The van der Waals surface area contributed by atoms with Crippen molar-refractivity contribution < 1.29 is 22.4 Å². The molecule has 1 unspecified atom stereocenters. The molecular weight excluding hydrogens is 311 g/mol. The molecule has 0 heterocycles. The third kappa shape index (κ3) is 5.10. The molecule has 0 bridgehead atoms. The zero-order chi connectivity index (χ0) is 16.9. The number of aryl methyl sites for hydroxylation is 1. The van der Waals surface area contributed by atoms with Crippen molar-refractivity contribution in [1.82, 2.24) is 10.6 Å². The largest absolute Gasteiger partial charge is 0.353 e. The van der Waals surface area contributed by atoms with Crippen LogP contribution in [-0.2, 0) is 14.6 Å². The molecule has 1 aromatic carbocycles. The number of hydrogen-bond donors (Lipinski definition) is 2. The third-order valence-electron chi connectivity index (χ3n) is 3.16. The quantitative estimate of drug-likeness (QED) is 0.739. The zero-order valence-electron chi connectivity index (χ0n) is 12.6. The van der Waals surface area contributed by atoms with Gasteiger partial charge in [0.05, 0.1) is 0 Å². The molecule has 1 atom stereocenters. The zero-order valence-corrected chi connectivity index (χ0v) is 13.5. The van der Waals surface area contributed by atoms with Crippen LogP contribution in [0.5, 0.6) is 0 Å². The van der Waals surface area contributed by atoms with Crippen LogP contribution >= 0.6 is 0 Å². The Morgan fingerprint density at radius 3 is 2.36 bits per heavy atom. The van der Waals surface area contributed by atoms with Crippen LogP contribution < -0.4 is 10.6 Å². The summed E-state index contributed by atoms with van der Waals surface area (Å²) < 4.78 is 35.7. The molecular formula is C14H19FN2O4S. The van der Waals surface area contributed by atoms with E-state index in [9.17, 15) is 22.4 Å². The van der Waals surface area contributed by atoms with Crippen LogP contribution in [-0.4, -0.2) is 44.8 Å². The summed E-state index contributed by atoms with van der Waals surface area (Å²) in [7, 11) is -3.45. The molecule has 6 nitrogen and oxygen atoms in total. The lowest BCUT2D eigenvalue weighted by atomic mass is 10.1. The van der Waals surface area contributed by atoms with Gasteiger partial charge in [-0.2, -0.15) is 0 Å². The molecule has 0 saturated heterocycles. The number of benzene rings is 1. The monoisotopic (exact) mass is 330 g/mol. The van der Waals surface area contributed by atoms with E-state index in [1.54, 1.807) is 6.92 Å². The molecule has 8 heteroatoms. The van der Waals surface area contributed by atoms with E-state index in [-0.39, 0.29) is 18.7 Å². The van der Waals surface area contributed by atoms with Crippen molar-refractivity contribution in [2.45, 2.75) is 19.1 Å². The van der Waals surface area contributed by atoms with Crippen LogP contribution in [0.15, 0.2) is 18.2 Å². The lowest BCUT2D eigenvalue weighted by Gasteiger charge is -2.11. The first-order valence-corrected chi connectivity index (χ1v) is 8.59. The number of carbonyl (C=O) groups is 2. The van der Waals surface area contributed by atoms with Crippen LogP contribution in [0.3, 0.4) is 0 Å². The van der Waals surface area contributed by atoms with Crippen molar-refractivity contribution >= 4 is 21.7 Å². The van der Waals surface area contributed by atoms with Crippen molar-refractivity contribution in [3.63, 3.8) is 0 Å². The summed E-state index contributed by atoms with van der Waals surface area (Å²) in [6.45, 7) is 3.07. The smallest absolute Gasteiger partial charge is 0.251 e. The van der Waals surface area contributed by atoms with Crippen LogP contribution in [0.1, 0.15) is 22.8 Å². The van der Waals surface area contributed by atoms with Crippen LogP contribution in [0.2, 0.25) is 0 Å². The summed E-state index contributed by atoms with van der Waals surface area (Å²) in [5.41, 5.74) is 0.623. The van der Waals surface area contributed by atoms with E-state index < -0.39 is 32.7 Å². The molecule has 0 saturated carbocycles. The van der Waals surface area contributed by atoms with E-state index in [1.165, 1.54) is 19.1 Å². The van der Waals surface area contributed by atoms with Gasteiger partial charge in [0.2, 0.25) is 5.91 Å². The standard InChI is InChI=1S/C14H19FN2O4S/c1-9-4-5-11(8-12(9)15)14(19)17-7-6-16-13(18)10(2)22(3,20)21/h4-5,8,10H,6-7H2,1-3H3,(H,16,18)(H,17,19). The van der Waals surface area contributed by atoms with Gasteiger partial charge in [-0.3, -0.25) is 9.59 Å². The first-order valence-electron chi connectivity index (χ1n) is 6.64. The first kappa shape index (κ1) is 18.1. The molecule has 0 aliphatic rings. The Bertz CT molecular complexity index is 673. The summed E-state index contributed by atoms with van der Waals surface area (Å²) in [6.07, 6.45) is 0.977. The fourth-order valence-corrected chi connectivity index (χ4v) is 2.01. The third-order valence-corrected chi connectivity index (χ3v) is 4.65. The predicted molar refractivity (Wildman–Crippen MR) is 80.8 cm³/mol. The van der Waals surface area contributed by atoms with Gasteiger partial charge in [0, 0.05) is 24.9 Å². The molecule has 0 aliphatic carbocycles. The maximum Gasteiger partial charge on any atom is 0.251 e. The lowest BCUT2D eigenvalue weighted by Crippen LogP contribution is -2.41. The molecule has 122 valence electrons. The average molecular weight is 330 g/mol. The van der Waals surface area contributed by atoms with Gasteiger partial charge in [0.1, 0.15) is 11.1 Å². The Balaban J connectivity index is 2.43. The van der Waals surface area contributed by atoms with Crippen LogP contribution in [0, 0.1) is 12.7 Å². The van der Waals surface area contributed by atoms with Gasteiger partial charge in [0.25, 0.3) is 5.91 Å². The van der Waals surface area contributed by atoms with Crippen molar-refractivity contribution in [3.05, 3.63) is 35.1 Å². The number of carbonyl (C=O) groups excluding carboxylic acids is 2. The number of rotatable bonds is 6. The minimum absolute atomic E-state index is 0.0821. The van der Waals surface area contributed by atoms with Crippen LogP contribution in [0.4, 0.5) is 4.39 Å². The molecule has 22 heavy (non-hydrogen) atoms. The topological polar surface area (TPSA) is 92.3 Å². The summed E-state index contributed by atoms with van der Waals surface area (Å²) >= 11 is 0. The van der Waals surface area contributed by atoms with Gasteiger partial charge >= 0.3 is 0 Å². The lowest BCUT2D eigenvalue weighted by molar-refractivity contribution is -0.120. The van der Waals surface area contributed by atoms with E-state index in [0.717, 1.165) is 12.3 Å². The van der Waals surface area contributed by atoms with Gasteiger partial charge in [-0.15, -0.1) is 0 Å². The van der Waals surface area contributed by atoms with Crippen molar-refractivity contribution in [2.24, 2.45) is 0 Å². The van der Waals surface area contributed by atoms with Crippen molar-refractivity contribution in [1.29, 1.82) is 0 Å². The summed E-state index contributed by atoms with van der Waals surface area (Å²) in [6, 6.07) is 4.13. The van der Waals surface area contributed by atoms with E-state index in [4.69, 9.17) is 0 Å². The van der Waals surface area contributed by atoms with Gasteiger partial charge in [0.15, 0.2) is 9.84 Å². The highest BCUT2D eigenvalue weighted by atomic mass is 32.2. The normalized spacial score (nSPS) is 12.5. The summed E-state index contributed by atoms with van der Waals surface area (Å²) in [5, 5.41) is 3.77. The molecule has 2 N–H and O–H groups in total. The fourth-order valence-electron chi connectivity index (χ4n) is 1.54. The number of nitrogens with one attached hydrogen (secondary N) is 2. The second-order valence-corrected chi connectivity index (χ2v) is 7.35. The van der Waals surface area contributed by atoms with Gasteiger partial charge < -0.3 is 10.6 Å². The minimum atomic E-state index is -3.45. The summed E-state index contributed by atoms with van der Waals surface area (Å²) in [5.74, 6) is -1.56. The Hall–Kier alpha value is -1.96. The van der Waals surface area contributed by atoms with Crippen LogP contribution in [0.25, 0.3) is 0 Å². The number of amides is 2. The predicted octanol–water partition coefficient (Wildman–Crippen LogP) is 0.413. The highest BCUT2D eigenvalue weighted by Crippen LogP contribution is 2.08. The Morgan fingerprint density at radius 1 is 1.23 bits per heavy atom. The molecule has 0 fully saturated rings. The molecule has 0 aromatic heterocycles. The Labute approximate surface area is 129 Å². The van der Waals surface area contributed by atoms with E-state index in [2.05, 4.69) is 10.6 Å². The van der Waals surface area contributed by atoms with Gasteiger partial charge in [-0.25, -0.2) is 12.8 Å². The molecule has 0 aliphatic heterocycles. The maximum atomic E-state index is 13.3.